The van der Waals surface area contributed by atoms with Gasteiger partial charge in [0.2, 0.25) is 0 Å². The van der Waals surface area contributed by atoms with E-state index in [1.165, 1.54) is 12.1 Å². The van der Waals surface area contributed by atoms with E-state index in [-0.39, 0.29) is 5.82 Å². The predicted octanol–water partition coefficient (Wildman–Crippen LogP) is 3.44. The van der Waals surface area contributed by atoms with E-state index < -0.39 is 43.1 Å². The molecule has 0 bridgehead atoms. The van der Waals surface area contributed by atoms with Gasteiger partial charge in [0, 0.05) is 19.6 Å². The lowest BCUT2D eigenvalue weighted by molar-refractivity contribution is -0.187. The Morgan fingerprint density at radius 3 is 2.33 bits per heavy atom. The number of nitrogens with zero attached hydrogens (tertiary/aromatic N) is 1. The first kappa shape index (κ1) is 21.0. The van der Waals surface area contributed by atoms with Crippen LogP contribution in [0.1, 0.15) is 24.8 Å². The number of carboxylic acids is 1. The van der Waals surface area contributed by atoms with Crippen molar-refractivity contribution >= 4 is 12.0 Å². The third-order valence-corrected chi connectivity index (χ3v) is 4.68. The Labute approximate surface area is 154 Å². The number of carboxylic acid groups (broad SMARTS) is 1. The molecule has 5 nitrogen and oxygen atoms in total. The largest absolute Gasteiger partial charge is 0.481 e. The quantitative estimate of drug-likeness (QED) is 0.554. The molecule has 9 heteroatoms. The van der Waals surface area contributed by atoms with Gasteiger partial charge in [0.25, 0.3) is 0 Å². The summed E-state index contributed by atoms with van der Waals surface area (Å²) in [6.07, 6.45) is -1.61. The highest BCUT2D eigenvalue weighted by Crippen LogP contribution is 2.37. The molecule has 150 valence electrons. The van der Waals surface area contributed by atoms with Crippen molar-refractivity contribution in [3.63, 3.8) is 0 Å². The Kier molecular flexibility index (Phi) is 7.04. The molecule has 1 aliphatic rings. The maximum Gasteiger partial charge on any atom is 0.394 e. The molecule has 2 N–H and O–H groups in total. The molecular weight excluding hydrogens is 368 g/mol. The lowest BCUT2D eigenvalue weighted by Crippen LogP contribution is -2.40. The summed E-state index contributed by atoms with van der Waals surface area (Å²) < 4.78 is 51.6. The van der Waals surface area contributed by atoms with Crippen molar-refractivity contribution in [2.75, 3.05) is 19.6 Å². The van der Waals surface area contributed by atoms with E-state index in [4.69, 9.17) is 5.11 Å². The van der Waals surface area contributed by atoms with E-state index in [0.717, 1.165) is 29.7 Å². The van der Waals surface area contributed by atoms with Crippen molar-refractivity contribution in [3.8, 4) is 0 Å². The summed E-state index contributed by atoms with van der Waals surface area (Å²) in [7, 11) is 0. The van der Waals surface area contributed by atoms with Crippen LogP contribution in [0.2, 0.25) is 0 Å². The van der Waals surface area contributed by atoms with Gasteiger partial charge in [0.1, 0.15) is 5.82 Å². The zero-order chi connectivity index (χ0) is 20.0. The minimum Gasteiger partial charge on any atom is -0.481 e. The van der Waals surface area contributed by atoms with Gasteiger partial charge in [-0.05, 0) is 37.0 Å². The number of nitrogens with one attached hydrogen (secondary N) is 1. The lowest BCUT2D eigenvalue weighted by atomic mass is 9.96. The predicted molar refractivity (Wildman–Crippen MR) is 89.6 cm³/mol. The van der Waals surface area contributed by atoms with Crippen molar-refractivity contribution in [1.82, 2.24) is 10.2 Å². The molecule has 1 heterocycles. The summed E-state index contributed by atoms with van der Waals surface area (Å²) in [5, 5.41) is 11.5. The van der Waals surface area contributed by atoms with Crippen molar-refractivity contribution in [3.05, 3.63) is 35.6 Å². The standard InChI is InChI=1S/C18H22F4N2O3/c19-13-7-5-12(6-8-13)4-2-1-3-9-23-17(27)24-10-14(16(25)26)15(11-24)18(20,21)22/h5-8,14-15H,1-4,9-11H2,(H,23,27)(H,25,26)/t14-,15-/m1/s1. The third kappa shape index (κ3) is 6.11. The fourth-order valence-corrected chi connectivity index (χ4v) is 3.14. The van der Waals surface area contributed by atoms with Crippen LogP contribution in [-0.2, 0) is 11.2 Å². The number of urea groups is 1. The van der Waals surface area contributed by atoms with Crippen LogP contribution in [0.3, 0.4) is 0 Å². The number of hydrogen-bond donors (Lipinski definition) is 2. The van der Waals surface area contributed by atoms with Crippen molar-refractivity contribution in [2.45, 2.75) is 31.9 Å². The second-order valence-electron chi connectivity index (χ2n) is 6.67. The zero-order valence-corrected chi connectivity index (χ0v) is 14.6. The average molecular weight is 390 g/mol. The number of carbonyl (C=O) groups is 2. The summed E-state index contributed by atoms with van der Waals surface area (Å²) in [6.45, 7) is -0.792. The topological polar surface area (TPSA) is 69.6 Å². The number of aliphatic carboxylic acids is 1. The van der Waals surface area contributed by atoms with E-state index >= 15 is 0 Å². The molecule has 1 fully saturated rings. The van der Waals surface area contributed by atoms with E-state index in [1.807, 2.05) is 0 Å². The van der Waals surface area contributed by atoms with Crippen LogP contribution in [0.15, 0.2) is 24.3 Å². The molecule has 0 aromatic heterocycles. The van der Waals surface area contributed by atoms with Gasteiger partial charge in [-0.25, -0.2) is 9.18 Å². The number of likely N-dealkylation sites (tertiary alicyclic amines) is 1. The minimum atomic E-state index is -4.65. The first-order valence-electron chi connectivity index (χ1n) is 8.75. The Bertz CT molecular complexity index is 649. The van der Waals surface area contributed by atoms with Gasteiger partial charge in [0.15, 0.2) is 0 Å². The summed E-state index contributed by atoms with van der Waals surface area (Å²) in [6, 6.07) is 5.53. The molecule has 0 unspecified atom stereocenters. The van der Waals surface area contributed by atoms with E-state index in [2.05, 4.69) is 5.32 Å². The molecule has 1 aromatic carbocycles. The molecular formula is C18H22F4N2O3. The van der Waals surface area contributed by atoms with Crippen LogP contribution in [0.4, 0.5) is 22.4 Å². The van der Waals surface area contributed by atoms with Gasteiger partial charge < -0.3 is 15.3 Å². The smallest absolute Gasteiger partial charge is 0.394 e. The second-order valence-corrected chi connectivity index (χ2v) is 6.67. The van der Waals surface area contributed by atoms with Crippen molar-refractivity contribution < 1.29 is 32.3 Å². The summed E-state index contributed by atoms with van der Waals surface area (Å²) in [5.41, 5.74) is 1.01. The number of aryl methyl sites for hydroxylation is 1. The number of halogens is 4. The van der Waals surface area contributed by atoms with Crippen LogP contribution in [0.5, 0.6) is 0 Å². The van der Waals surface area contributed by atoms with E-state index in [9.17, 15) is 27.2 Å². The first-order chi connectivity index (χ1) is 12.7. The number of unbranched alkanes of at least 4 members (excludes halogenated alkanes) is 2. The second kappa shape index (κ2) is 9.05. The minimum absolute atomic E-state index is 0.290. The molecule has 2 amide bonds. The fraction of sp³-hybridized carbons (Fsp3) is 0.556. The average Bonchev–Trinajstić information content (AvgIpc) is 3.05. The third-order valence-electron chi connectivity index (χ3n) is 4.68. The summed E-state index contributed by atoms with van der Waals surface area (Å²) in [5.74, 6) is -5.52. The van der Waals surface area contributed by atoms with Crippen LogP contribution in [-0.4, -0.2) is 47.8 Å². The van der Waals surface area contributed by atoms with Crippen molar-refractivity contribution in [1.29, 1.82) is 0 Å². The van der Waals surface area contributed by atoms with Crippen molar-refractivity contribution in [2.24, 2.45) is 11.8 Å². The highest BCUT2D eigenvalue weighted by molar-refractivity contribution is 5.77. The number of amides is 2. The molecule has 1 aliphatic heterocycles. The Morgan fingerprint density at radius 2 is 1.78 bits per heavy atom. The van der Waals surface area contributed by atoms with Gasteiger partial charge >= 0.3 is 18.2 Å². The molecule has 1 saturated heterocycles. The number of carbonyl (C=O) groups excluding carboxylic acids is 1. The van der Waals surface area contributed by atoms with Crippen LogP contribution in [0.25, 0.3) is 0 Å². The lowest BCUT2D eigenvalue weighted by Gasteiger charge is -2.18. The molecule has 0 aliphatic carbocycles. The van der Waals surface area contributed by atoms with Crippen LogP contribution in [0, 0.1) is 17.7 Å². The van der Waals surface area contributed by atoms with Crippen LogP contribution >= 0.6 is 0 Å². The monoisotopic (exact) mass is 390 g/mol. The SMILES string of the molecule is O=C(O)[C@@H]1CN(C(=O)NCCCCCc2ccc(F)cc2)C[C@H]1C(F)(F)F. The number of alkyl halides is 3. The molecule has 0 saturated carbocycles. The number of benzene rings is 1. The van der Waals surface area contributed by atoms with E-state index in [1.54, 1.807) is 12.1 Å². The molecule has 2 rings (SSSR count). The van der Waals surface area contributed by atoms with E-state index in [0.29, 0.717) is 13.0 Å². The van der Waals surface area contributed by atoms with Gasteiger partial charge in [-0.1, -0.05) is 18.6 Å². The summed E-state index contributed by atoms with van der Waals surface area (Å²) in [4.78, 5) is 23.9. The maximum absolute atomic E-state index is 12.9. The van der Waals surface area contributed by atoms with Gasteiger partial charge in [-0.2, -0.15) is 13.2 Å². The Morgan fingerprint density at radius 1 is 1.11 bits per heavy atom. The summed E-state index contributed by atoms with van der Waals surface area (Å²) >= 11 is 0. The first-order valence-corrected chi connectivity index (χ1v) is 8.75. The highest BCUT2D eigenvalue weighted by atomic mass is 19.4. The molecule has 27 heavy (non-hydrogen) atoms. The zero-order valence-electron chi connectivity index (χ0n) is 14.6. The number of hydrogen-bond acceptors (Lipinski definition) is 2. The normalized spacial score (nSPS) is 19.9. The molecule has 0 spiro atoms. The highest BCUT2D eigenvalue weighted by Gasteiger charge is 2.53. The molecule has 2 atom stereocenters. The molecule has 1 aromatic rings. The van der Waals surface area contributed by atoms with Crippen LogP contribution < -0.4 is 5.32 Å². The Balaban J connectivity index is 1.68. The molecule has 0 radical (unpaired) electrons. The Hall–Kier alpha value is -2.32. The van der Waals surface area contributed by atoms with Gasteiger partial charge in [-0.15, -0.1) is 0 Å². The van der Waals surface area contributed by atoms with Gasteiger partial charge in [-0.3, -0.25) is 4.79 Å². The number of rotatable bonds is 7. The van der Waals surface area contributed by atoms with Gasteiger partial charge in [0.05, 0.1) is 11.8 Å². The maximum atomic E-state index is 12.9. The fourth-order valence-electron chi connectivity index (χ4n) is 3.14.